The van der Waals surface area contributed by atoms with Crippen LogP contribution in [0.4, 0.5) is 48.1 Å². The lowest BCUT2D eigenvalue weighted by Gasteiger charge is -2.29. The molecule has 133 heavy (non-hydrogen) atoms. The maximum Gasteiger partial charge on any atom is 0.451 e. The van der Waals surface area contributed by atoms with Gasteiger partial charge in [-0.2, -0.15) is 28.5 Å². The average Bonchev–Trinajstić information content (AvgIpc) is 1.66. The monoisotopic (exact) mass is 1930 g/mol. The topological polar surface area (TPSA) is 446 Å². The van der Waals surface area contributed by atoms with Crippen molar-refractivity contribution in [2.75, 3.05) is 72.2 Å². The molecule has 0 unspecified atom stereocenters. The van der Waals surface area contributed by atoms with Crippen LogP contribution in [-0.2, 0) is 38.8 Å². The number of aryl methyl sites for hydroxylation is 5. The summed E-state index contributed by atoms with van der Waals surface area (Å²) in [7, 11) is 1.61. The first kappa shape index (κ1) is 91.7. The fourth-order valence-corrected chi connectivity index (χ4v) is 20.8. The molecule has 22 rings (SSSR count). The van der Waals surface area contributed by atoms with E-state index in [2.05, 4.69) is 187 Å². The van der Waals surface area contributed by atoms with Crippen molar-refractivity contribution in [1.82, 2.24) is 115 Å². The minimum absolute atomic E-state index is 0.0769. The predicted molar refractivity (Wildman–Crippen MR) is 525 cm³/mol. The van der Waals surface area contributed by atoms with Gasteiger partial charge in [-0.3, -0.25) is 10.00 Å². The number of alkyl halides is 3. The van der Waals surface area contributed by atoms with Crippen molar-refractivity contribution in [2.24, 2.45) is 16.1 Å². The molecule has 11 N–H and O–H groups in total. The molecule has 1 fully saturated rings. The number of hydrogen-bond donors (Lipinski definition) is 9. The number of aromatic amines is 3. The van der Waals surface area contributed by atoms with E-state index in [1.807, 2.05) is 89.4 Å². The number of methoxy groups -OCH3 is 1. The SMILES string of the molecule is CC(C)Nc1nc(-c2ncc[nH]2)nc2sccc12.CC1CCN(Cc2cc3c(N)nc(C4=CC=CC4)nc3s2)CC1.CCCc1cc2c(N3CCn4c(nnc4C(F)(F)F)C3)nc(-c3nnc(C)o3)nc2s1.COc1ccc(CNc2nc(-c3ccn[nH]3)nc3sc(C)c(C)c23)cc1Cl.Cc1cc2c(N)nc(C3=NN=CC3)nc2s1.OCCNc1nc(-c2ccc[nH]2)nc2sccc12. The number of benzene rings is 1. The van der Waals surface area contributed by atoms with Crippen LogP contribution < -0.4 is 37.1 Å². The Labute approximate surface area is 788 Å². The molecule has 1 saturated heterocycles. The molecule has 0 bridgehead atoms. The number of H-pyrrole nitrogens is 3. The Kier molecular flexibility index (Phi) is 28.2. The molecule has 20 heterocycles. The first-order valence-corrected chi connectivity index (χ1v) is 48.1. The van der Waals surface area contributed by atoms with Gasteiger partial charge in [-0.05, 0) is 162 Å². The summed E-state index contributed by atoms with van der Waals surface area (Å²) in [6, 6.07) is 22.0. The van der Waals surface area contributed by atoms with Crippen molar-refractivity contribution >= 4 is 193 Å². The Bertz CT molecular complexity index is 7270. The largest absolute Gasteiger partial charge is 0.495 e. The highest BCUT2D eigenvalue weighted by atomic mass is 35.5. The highest BCUT2D eigenvalue weighted by Gasteiger charge is 2.40. The van der Waals surface area contributed by atoms with Crippen molar-refractivity contribution in [3.05, 3.63) is 185 Å². The Morgan fingerprint density at radius 3 is 2.08 bits per heavy atom. The lowest BCUT2D eigenvalue weighted by molar-refractivity contribution is -0.147. The van der Waals surface area contributed by atoms with Crippen LogP contribution in [0.25, 0.3) is 113 Å². The zero-order chi connectivity index (χ0) is 92.6. The van der Waals surface area contributed by atoms with Gasteiger partial charge >= 0.3 is 6.18 Å². The number of thiophene rings is 6. The van der Waals surface area contributed by atoms with Crippen LogP contribution in [0.1, 0.15) is 120 Å². The number of nitrogens with zero attached hydrogens (tertiary/aromatic N) is 23. The van der Waals surface area contributed by atoms with Crippen LogP contribution in [0.3, 0.4) is 0 Å². The summed E-state index contributed by atoms with van der Waals surface area (Å²) in [5, 5.41) is 59.0. The number of likely N-dealkylation sites (tertiary alicyclic amines) is 1. The molecule has 34 nitrogen and oxygen atoms in total. The molecule has 18 aromatic rings. The summed E-state index contributed by atoms with van der Waals surface area (Å²) >= 11 is 16.0. The highest BCUT2D eigenvalue weighted by molar-refractivity contribution is 7.20. The molecule has 0 atom stereocenters. The number of rotatable bonds is 20. The molecule has 0 spiro atoms. The number of hydrogen-bond acceptors (Lipinski definition) is 36. The minimum atomic E-state index is -4.54. The van der Waals surface area contributed by atoms with Gasteiger partial charge in [-0.25, -0.2) is 64.8 Å². The molecule has 0 amide bonds. The van der Waals surface area contributed by atoms with Gasteiger partial charge in [0, 0.05) is 108 Å². The number of halogens is 4. The summed E-state index contributed by atoms with van der Waals surface area (Å²) in [4.78, 5) is 80.0. The molecule has 4 aliphatic rings. The van der Waals surface area contributed by atoms with Gasteiger partial charge in [0.25, 0.3) is 5.89 Å². The van der Waals surface area contributed by atoms with Crippen molar-refractivity contribution in [2.45, 2.75) is 132 Å². The number of anilines is 6. The lowest BCUT2D eigenvalue weighted by Crippen LogP contribution is -2.36. The van der Waals surface area contributed by atoms with Crippen LogP contribution in [0.5, 0.6) is 5.75 Å². The Morgan fingerprint density at radius 2 is 1.39 bits per heavy atom. The van der Waals surface area contributed by atoms with Crippen molar-refractivity contribution in [1.29, 1.82) is 0 Å². The van der Waals surface area contributed by atoms with Gasteiger partial charge in [-0.15, -0.1) is 88.4 Å². The first-order valence-electron chi connectivity index (χ1n) is 42.7. The van der Waals surface area contributed by atoms with Gasteiger partial charge < -0.3 is 61.1 Å². The normalized spacial score (nSPS) is 13.8. The van der Waals surface area contributed by atoms with Crippen LogP contribution in [0.2, 0.25) is 5.02 Å². The van der Waals surface area contributed by atoms with Crippen LogP contribution in [-0.4, -0.2) is 178 Å². The van der Waals surface area contributed by atoms with E-state index in [9.17, 15) is 13.2 Å². The summed E-state index contributed by atoms with van der Waals surface area (Å²) < 4.78 is 51.4. The summed E-state index contributed by atoms with van der Waals surface area (Å²) in [5.74, 6) is 9.80. The first-order chi connectivity index (χ1) is 64.4. The van der Waals surface area contributed by atoms with Gasteiger partial charge in [0.1, 0.15) is 81.0 Å². The minimum Gasteiger partial charge on any atom is -0.495 e. The highest BCUT2D eigenvalue weighted by Crippen LogP contribution is 2.41. The summed E-state index contributed by atoms with van der Waals surface area (Å²) in [5.41, 5.74) is 17.9. The van der Waals surface area contributed by atoms with Crippen LogP contribution in [0, 0.1) is 33.6 Å². The van der Waals surface area contributed by atoms with E-state index in [1.54, 1.807) is 107 Å². The maximum absolute atomic E-state index is 13.2. The molecule has 1 aromatic carbocycles. The number of nitrogens with two attached hydrogens (primary N) is 2. The molecular weight excluding hydrogens is 1840 g/mol. The van der Waals surface area contributed by atoms with E-state index >= 15 is 0 Å². The molecule has 0 saturated carbocycles. The Hall–Kier alpha value is -13.1. The van der Waals surface area contributed by atoms with E-state index in [4.69, 9.17) is 52.3 Å². The number of fused-ring (bicyclic) bond motifs is 7. The van der Waals surface area contributed by atoms with Gasteiger partial charge in [0.15, 0.2) is 40.8 Å². The molecule has 1 aliphatic carbocycles. The zero-order valence-electron chi connectivity index (χ0n) is 73.6. The van der Waals surface area contributed by atoms with Crippen molar-refractivity contribution in [3.8, 4) is 52.2 Å². The number of aliphatic hydroxyl groups excluding tert-OH is 1. The molecule has 0 radical (unpaired) electrons. The summed E-state index contributed by atoms with van der Waals surface area (Å²) in [6.07, 6.45) is 16.5. The Balaban J connectivity index is 0.000000113. The standard InChI is InChI=1S/C19H18ClN5OS.C18H17F3N8OS.C18H22N4S.C12H13N5S.C12H12N4OS.C10H9N5S/c1-10-11(2)27-19-16(10)18(23-17(24-19)14-6-7-22-25-14)21-9-12-4-5-15(26-3)13(20)8-12;1-3-4-10-7-11-14(22-13(23-16(11)31-10)15-26-24-9(2)30-15)28-5-6-29-12(8-28)25-27-17(29)18(19,20)21;1-12-6-8-22(9-7-12)11-14-10-15-16(19)20-17(21-18(15)23-14)13-4-2-3-5-13;1-7(2)15-9-8-3-6-18-12(8)17-11(16-9)10-13-4-5-14-10;17-6-5-14-10-8-3-7-18-12(8)16-11(15-10)9-2-1-4-13-9;1-5-4-6-8(11)13-9(14-10(6)16-5)7-2-3-12-15-7/h4-8H,9H2,1-3H3,(H,22,25)(H,21,23,24);7H,3-6,8H2,1-2H3;2-4,10,12H,5-9,11H2,1H3,(H2,19,20,21);3-7H,1-2H3,(H,13,14)(H,15,16,17);1-4,7,13,17H,5-6H2,(H,14,15,16);3-4H,2H2,1H3,(H2,11,13,14). The van der Waals surface area contributed by atoms with Gasteiger partial charge in [-0.1, -0.05) is 56.2 Å². The molecule has 3 aliphatic heterocycles. The predicted octanol–water partition coefficient (Wildman–Crippen LogP) is 19.2. The second-order valence-electron chi connectivity index (χ2n) is 31.6. The fourth-order valence-electron chi connectivity index (χ4n) is 14.8. The van der Waals surface area contributed by atoms with Crippen LogP contribution in [0.15, 0.2) is 135 Å². The fraction of sp³-hybridized carbons (Fsp3) is 0.303. The van der Waals surface area contributed by atoms with E-state index in [1.165, 1.54) is 46.1 Å². The van der Waals surface area contributed by atoms with E-state index in [0.717, 1.165) is 154 Å². The Morgan fingerprint density at radius 1 is 0.677 bits per heavy atom. The molecule has 44 heteroatoms. The van der Waals surface area contributed by atoms with Crippen molar-refractivity contribution in [3.63, 3.8) is 0 Å². The van der Waals surface area contributed by atoms with E-state index < -0.39 is 12.0 Å². The smallest absolute Gasteiger partial charge is 0.451 e. The maximum atomic E-state index is 13.2. The number of ether oxygens (including phenoxy) is 1. The molecule has 684 valence electrons. The second kappa shape index (κ2) is 40.9. The third kappa shape index (κ3) is 21.3. The van der Waals surface area contributed by atoms with Crippen molar-refractivity contribution < 1.29 is 27.4 Å². The number of piperidine rings is 1. The van der Waals surface area contributed by atoms with Gasteiger partial charge in [0.05, 0.1) is 63.3 Å². The number of nitrogen functional groups attached to an aromatic ring is 2. The lowest BCUT2D eigenvalue weighted by atomic mass is 9.99. The van der Waals surface area contributed by atoms with Crippen LogP contribution >= 0.6 is 79.6 Å². The number of allylic oxidation sites excluding steroid dienone is 4. The number of imidazole rings is 1. The zero-order valence-corrected chi connectivity index (χ0v) is 79.2. The third-order valence-corrected chi connectivity index (χ3v) is 27.6. The summed E-state index contributed by atoms with van der Waals surface area (Å²) in [6.45, 7) is 21.6. The van der Waals surface area contributed by atoms with Gasteiger partial charge in [0.2, 0.25) is 17.5 Å². The van der Waals surface area contributed by atoms with E-state index in [0.29, 0.717) is 95.3 Å². The number of aliphatic hydroxyl groups is 1. The quantitative estimate of drug-likeness (QED) is 0.0342. The average molecular weight is 1930 g/mol. The number of aromatic nitrogens is 22. The molecule has 17 aromatic heterocycles. The third-order valence-electron chi connectivity index (χ3n) is 21.6. The second-order valence-corrected chi connectivity index (χ2v) is 38.5. The number of nitrogens with one attached hydrogen (secondary N) is 6. The molecular formula is C89H91ClF3N31O3S6. The van der Waals surface area contributed by atoms with E-state index in [-0.39, 0.29) is 37.2 Å².